The fourth-order valence-electron chi connectivity index (χ4n) is 5.16. The zero-order chi connectivity index (χ0) is 25.2. The summed E-state index contributed by atoms with van der Waals surface area (Å²) in [6, 6.07) is 13.5. The second kappa shape index (κ2) is 7.79. The zero-order valence-corrected chi connectivity index (χ0v) is 18.8. The number of aliphatic hydroxyl groups is 1. The third-order valence-corrected chi connectivity index (χ3v) is 6.82. The number of esters is 1. The van der Waals surface area contributed by atoms with E-state index in [-0.39, 0.29) is 22.0 Å². The number of methoxy groups -OCH3 is 1. The van der Waals surface area contributed by atoms with Gasteiger partial charge in [-0.25, -0.2) is 0 Å². The Morgan fingerprint density at radius 2 is 1.80 bits per heavy atom. The number of ketones is 1. The van der Waals surface area contributed by atoms with Crippen molar-refractivity contribution in [3.8, 4) is 5.75 Å². The first kappa shape index (κ1) is 23.3. The predicted octanol–water partition coefficient (Wildman–Crippen LogP) is 4.39. The van der Waals surface area contributed by atoms with Gasteiger partial charge in [0.1, 0.15) is 17.4 Å². The number of nitrogens with zero attached hydrogens (tertiary/aromatic N) is 1. The molecule has 5 rings (SSSR count). The van der Waals surface area contributed by atoms with Crippen molar-refractivity contribution in [2.45, 2.75) is 23.3 Å². The number of hydrogen-bond donors (Lipinski definition) is 1. The molecular weight excluding hydrogens is 487 g/mol. The minimum absolute atomic E-state index is 0.0276. The molecule has 1 fully saturated rings. The topological polar surface area (TPSA) is 85.7 Å². The summed E-state index contributed by atoms with van der Waals surface area (Å²) in [4.78, 5) is 31.3. The molecule has 4 atom stereocenters. The fraction of sp³-hybridized carbons (Fsp3) is 0.240. The van der Waals surface area contributed by atoms with Gasteiger partial charge in [0.2, 0.25) is 11.4 Å². The summed E-state index contributed by atoms with van der Waals surface area (Å²) in [5.41, 5.74) is -5.25. The molecule has 1 N–H and O–H groups in total. The highest BCUT2D eigenvalue weighted by molar-refractivity contribution is 6.30. The monoisotopic (exact) mass is 503 g/mol. The Morgan fingerprint density at radius 3 is 2.40 bits per heavy atom. The molecule has 2 aliphatic rings. The van der Waals surface area contributed by atoms with Gasteiger partial charge < -0.3 is 14.6 Å². The van der Waals surface area contributed by atoms with Gasteiger partial charge in [-0.05, 0) is 17.7 Å². The van der Waals surface area contributed by atoms with Gasteiger partial charge in [-0.2, -0.15) is 13.2 Å². The first-order chi connectivity index (χ1) is 16.5. The van der Waals surface area contributed by atoms with E-state index in [0.29, 0.717) is 5.56 Å². The third kappa shape index (κ3) is 3.18. The lowest BCUT2D eigenvalue weighted by atomic mass is 9.75. The molecule has 1 unspecified atom stereocenters. The standard InChI is InChI=1S/C25H17ClF3NO5/c1-34-21(31)19-18(13-5-3-2-4-6-13)24(14-7-9-15(10-8-14)25(27,28)29)22(32)23(19,33)20-17(35-24)11-16(26)12-30-20/h2-12,18-19,33H,1H3/t18?,19-,23+,24-/m0/s1. The predicted molar refractivity (Wildman–Crippen MR) is 117 cm³/mol. The zero-order valence-electron chi connectivity index (χ0n) is 18.0. The lowest BCUT2D eigenvalue weighted by Crippen LogP contribution is -2.51. The molecule has 0 amide bonds. The molecule has 6 nitrogen and oxygen atoms in total. The molecule has 2 heterocycles. The van der Waals surface area contributed by atoms with Crippen molar-refractivity contribution in [3.05, 3.63) is 94.3 Å². The molecule has 180 valence electrons. The molecule has 3 aromatic rings. The van der Waals surface area contributed by atoms with Crippen molar-refractivity contribution in [2.24, 2.45) is 5.92 Å². The normalized spacial score (nSPS) is 27.2. The quantitative estimate of drug-likeness (QED) is 0.534. The number of fused-ring (bicyclic) bond motifs is 4. The number of carbonyl (C=O) groups is 2. The van der Waals surface area contributed by atoms with Crippen LogP contribution >= 0.6 is 11.6 Å². The minimum atomic E-state index is -4.61. The molecule has 0 saturated heterocycles. The van der Waals surface area contributed by atoms with Crippen molar-refractivity contribution >= 4 is 23.4 Å². The Kier molecular flexibility index (Phi) is 5.19. The van der Waals surface area contributed by atoms with Gasteiger partial charge in [0, 0.05) is 17.8 Å². The number of Topliss-reactive ketones (excluding diaryl/α,β-unsaturated/α-hetero) is 1. The molecule has 0 radical (unpaired) electrons. The first-order valence-electron chi connectivity index (χ1n) is 10.5. The van der Waals surface area contributed by atoms with E-state index in [4.69, 9.17) is 21.1 Å². The van der Waals surface area contributed by atoms with Gasteiger partial charge in [0.05, 0.1) is 23.6 Å². The van der Waals surface area contributed by atoms with Gasteiger partial charge in [0.15, 0.2) is 5.60 Å². The molecular formula is C25H17ClF3NO5. The largest absolute Gasteiger partial charge is 0.472 e. The number of benzene rings is 2. The molecule has 1 aliphatic carbocycles. The average molecular weight is 504 g/mol. The van der Waals surface area contributed by atoms with Crippen LogP contribution in [0, 0.1) is 5.92 Å². The van der Waals surface area contributed by atoms with E-state index >= 15 is 0 Å². The number of pyridine rings is 1. The second-order valence-electron chi connectivity index (χ2n) is 8.40. The number of halogens is 4. The Labute approximate surface area is 202 Å². The number of carbonyl (C=O) groups excluding carboxylic acids is 2. The summed E-state index contributed by atoms with van der Waals surface area (Å²) in [5.74, 6) is -4.59. The molecule has 1 saturated carbocycles. The molecule has 2 bridgehead atoms. The average Bonchev–Trinajstić information content (AvgIpc) is 2.97. The van der Waals surface area contributed by atoms with Gasteiger partial charge in [-0.15, -0.1) is 0 Å². The first-order valence-corrected chi connectivity index (χ1v) is 10.9. The summed E-state index contributed by atoms with van der Waals surface area (Å²) in [6.07, 6.45) is -3.41. The van der Waals surface area contributed by atoms with Crippen LogP contribution in [-0.4, -0.2) is 29.0 Å². The van der Waals surface area contributed by atoms with Crippen LogP contribution in [0.4, 0.5) is 13.2 Å². The highest BCUT2D eigenvalue weighted by Crippen LogP contribution is 2.64. The maximum atomic E-state index is 14.1. The summed E-state index contributed by atoms with van der Waals surface area (Å²) >= 11 is 6.09. The smallest absolute Gasteiger partial charge is 0.416 e. The van der Waals surface area contributed by atoms with E-state index in [9.17, 15) is 27.9 Å². The molecule has 1 aromatic heterocycles. The van der Waals surface area contributed by atoms with Crippen LogP contribution in [0.25, 0.3) is 0 Å². The highest BCUT2D eigenvalue weighted by atomic mass is 35.5. The van der Waals surface area contributed by atoms with Gasteiger partial charge in [-0.1, -0.05) is 54.1 Å². The highest BCUT2D eigenvalue weighted by Gasteiger charge is 2.77. The Hall–Kier alpha value is -3.43. The van der Waals surface area contributed by atoms with Crippen molar-refractivity contribution in [1.29, 1.82) is 0 Å². The molecule has 1 aliphatic heterocycles. The van der Waals surface area contributed by atoms with Crippen LogP contribution in [0.1, 0.15) is 28.3 Å². The van der Waals surface area contributed by atoms with Crippen molar-refractivity contribution < 1.29 is 37.3 Å². The maximum absolute atomic E-state index is 14.1. The molecule has 10 heteroatoms. The molecule has 35 heavy (non-hydrogen) atoms. The van der Waals surface area contributed by atoms with Crippen LogP contribution in [0.5, 0.6) is 5.75 Å². The number of rotatable bonds is 3. The van der Waals surface area contributed by atoms with Gasteiger partial charge >= 0.3 is 12.1 Å². The van der Waals surface area contributed by atoms with E-state index in [0.717, 1.165) is 31.4 Å². The van der Waals surface area contributed by atoms with Crippen LogP contribution in [0.2, 0.25) is 5.02 Å². The maximum Gasteiger partial charge on any atom is 0.416 e. The molecule has 2 aromatic carbocycles. The number of alkyl halides is 3. The van der Waals surface area contributed by atoms with Gasteiger partial charge in [-0.3, -0.25) is 14.6 Å². The van der Waals surface area contributed by atoms with Crippen LogP contribution in [0.3, 0.4) is 0 Å². The lowest BCUT2D eigenvalue weighted by Gasteiger charge is -2.39. The number of aromatic nitrogens is 1. The van der Waals surface area contributed by atoms with Crippen LogP contribution < -0.4 is 4.74 Å². The Balaban J connectivity index is 1.85. The van der Waals surface area contributed by atoms with E-state index < -0.39 is 46.5 Å². The van der Waals surface area contributed by atoms with E-state index in [1.807, 2.05) is 0 Å². The Morgan fingerprint density at radius 1 is 1.14 bits per heavy atom. The van der Waals surface area contributed by atoms with Crippen molar-refractivity contribution in [1.82, 2.24) is 4.98 Å². The van der Waals surface area contributed by atoms with E-state index in [1.54, 1.807) is 30.3 Å². The summed E-state index contributed by atoms with van der Waals surface area (Å²) in [7, 11) is 1.11. The van der Waals surface area contributed by atoms with Gasteiger partial charge in [0.25, 0.3) is 0 Å². The second-order valence-corrected chi connectivity index (χ2v) is 8.83. The lowest BCUT2D eigenvalue weighted by molar-refractivity contribution is -0.163. The van der Waals surface area contributed by atoms with E-state index in [2.05, 4.69) is 4.98 Å². The fourth-order valence-corrected chi connectivity index (χ4v) is 5.31. The van der Waals surface area contributed by atoms with Crippen LogP contribution in [0.15, 0.2) is 66.9 Å². The Bertz CT molecular complexity index is 1330. The van der Waals surface area contributed by atoms with Crippen molar-refractivity contribution in [2.75, 3.05) is 7.11 Å². The van der Waals surface area contributed by atoms with Crippen LogP contribution in [-0.2, 0) is 31.7 Å². The number of ether oxygens (including phenoxy) is 2. The molecule has 0 spiro atoms. The summed E-state index contributed by atoms with van der Waals surface area (Å²) in [6.45, 7) is 0. The third-order valence-electron chi connectivity index (χ3n) is 6.61. The summed E-state index contributed by atoms with van der Waals surface area (Å²) in [5, 5.41) is 12.1. The number of hydrogen-bond acceptors (Lipinski definition) is 6. The summed E-state index contributed by atoms with van der Waals surface area (Å²) < 4.78 is 51.0. The SMILES string of the molecule is COC(=O)[C@@H]1C(c2ccccc2)[C@]2(c3ccc(C(F)(F)F)cc3)Oc3cc(Cl)cnc3[C@@]1(O)C2=O. The minimum Gasteiger partial charge on any atom is -0.472 e. The van der Waals surface area contributed by atoms with Crippen molar-refractivity contribution in [3.63, 3.8) is 0 Å². The van der Waals surface area contributed by atoms with E-state index in [1.165, 1.54) is 12.3 Å².